The molecule has 9 heteroatoms. The Kier molecular flexibility index (Phi) is 8.56. The molecule has 1 saturated heterocycles. The van der Waals surface area contributed by atoms with Gasteiger partial charge < -0.3 is 18.0 Å². The molecule has 0 radical (unpaired) electrons. The monoisotopic (exact) mass is 545 g/mol. The molecule has 1 N–H and O–H groups in total. The number of nitrogens with zero attached hydrogens (tertiary/aromatic N) is 2. The van der Waals surface area contributed by atoms with Crippen LogP contribution in [0.5, 0.6) is 11.6 Å². The van der Waals surface area contributed by atoms with E-state index in [2.05, 4.69) is 15.2 Å². The first-order valence-electron chi connectivity index (χ1n) is 10.1. The van der Waals surface area contributed by atoms with E-state index in [-0.39, 0.29) is 25.0 Å². The molecule has 31 heavy (non-hydrogen) atoms. The summed E-state index contributed by atoms with van der Waals surface area (Å²) in [4.78, 5) is 17.8. The van der Waals surface area contributed by atoms with Gasteiger partial charge in [-0.2, -0.15) is 0 Å². The lowest BCUT2D eigenvalue weighted by Gasteiger charge is -2.17. The zero-order chi connectivity index (χ0) is 22.2. The number of anilines is 1. The molecule has 1 aromatic heterocycles. The number of carbonyl (C=O) groups excluding carboxylic acids is 1. The molecule has 1 aliphatic rings. The highest BCUT2D eigenvalue weighted by molar-refractivity contribution is 14.2. The van der Waals surface area contributed by atoms with Crippen LogP contribution >= 0.6 is 21.1 Å². The fraction of sp³-hybridized carbons (Fsp3) is 0.409. The zero-order valence-corrected chi connectivity index (χ0v) is 19.6. The van der Waals surface area contributed by atoms with E-state index in [0.29, 0.717) is 11.6 Å². The first kappa shape index (κ1) is 23.4. The van der Waals surface area contributed by atoms with Crippen LogP contribution in [-0.2, 0) is 4.79 Å². The predicted molar refractivity (Wildman–Crippen MR) is 126 cm³/mol. The van der Waals surface area contributed by atoms with E-state index in [1.807, 2.05) is 43.3 Å². The van der Waals surface area contributed by atoms with Gasteiger partial charge in [-0.1, -0.05) is 6.07 Å². The Labute approximate surface area is 191 Å². The topological polar surface area (TPSA) is 63.7 Å². The molecule has 0 spiro atoms. The molecule has 1 atom stereocenters. The molecule has 0 bridgehead atoms. The number of nitrogens with one attached hydrogen (secondary N) is 1. The van der Waals surface area contributed by atoms with Crippen LogP contribution in [0.2, 0.25) is 0 Å². The Morgan fingerprint density at radius 2 is 2.03 bits per heavy atom. The van der Waals surface area contributed by atoms with E-state index >= 15 is 0 Å². The summed E-state index contributed by atoms with van der Waals surface area (Å²) in [6.45, 7) is 5.19. The van der Waals surface area contributed by atoms with Crippen molar-refractivity contribution in [2.24, 2.45) is 0 Å². The normalized spacial score (nSPS) is 16.2. The fourth-order valence-electron chi connectivity index (χ4n) is 3.10. The zero-order valence-electron chi connectivity index (χ0n) is 17.5. The standard InChI is InChI=1S/C22H26F2IN3O3/c1-15(27-16(2)29)17-3-8-22(26-13-17)31-25-18-9-11-28(14-18)19-4-6-20(7-5-19)30-12-10-21(23)24/h3-8,13,15,21H,9-12,14H2,1-2H3,(H,27,29)/t15-/m0/s1. The van der Waals surface area contributed by atoms with Crippen molar-refractivity contribution in [3.05, 3.63) is 48.2 Å². The molecule has 2 heterocycles. The summed E-state index contributed by atoms with van der Waals surface area (Å²) in [5.41, 5.74) is 2.01. The lowest BCUT2D eigenvalue weighted by Crippen LogP contribution is -2.23. The first-order chi connectivity index (χ1) is 14.9. The van der Waals surface area contributed by atoms with Gasteiger partial charge in [0.15, 0.2) is 0 Å². The minimum absolute atomic E-state index is 0.0155. The number of halogens is 3. The van der Waals surface area contributed by atoms with E-state index in [0.717, 1.165) is 30.8 Å². The Bertz CT molecular complexity index is 892. The van der Waals surface area contributed by atoms with Gasteiger partial charge >= 0.3 is 0 Å². The highest BCUT2D eigenvalue weighted by Crippen LogP contribution is 2.25. The first-order valence-corrected chi connectivity index (χ1v) is 12.0. The number of amides is 1. The third kappa shape index (κ3) is 7.41. The van der Waals surface area contributed by atoms with Crippen LogP contribution < -0.4 is 18.0 Å². The van der Waals surface area contributed by atoms with Gasteiger partial charge in [0.25, 0.3) is 0 Å². The van der Waals surface area contributed by atoms with Crippen molar-refractivity contribution in [3.8, 4) is 11.6 Å². The summed E-state index contributed by atoms with van der Waals surface area (Å²) in [5, 5.41) is 2.83. The van der Waals surface area contributed by atoms with Crippen molar-refractivity contribution in [1.29, 1.82) is 0 Å². The average Bonchev–Trinajstić information content (AvgIpc) is 3.21. The van der Waals surface area contributed by atoms with E-state index in [1.54, 1.807) is 6.20 Å². The number of hydrogen-bond acceptors (Lipinski definition) is 5. The third-order valence-corrected chi connectivity index (χ3v) is 6.90. The Morgan fingerprint density at radius 3 is 2.68 bits per heavy atom. The number of aromatic nitrogens is 1. The van der Waals surface area contributed by atoms with Gasteiger partial charge in [0.2, 0.25) is 18.2 Å². The molecular weight excluding hydrogens is 519 g/mol. The summed E-state index contributed by atoms with van der Waals surface area (Å²) in [5.74, 6) is 1.13. The van der Waals surface area contributed by atoms with Crippen molar-refractivity contribution in [1.82, 2.24) is 10.3 Å². The second kappa shape index (κ2) is 11.4. The summed E-state index contributed by atoms with van der Waals surface area (Å²) in [7, 11) is 0. The van der Waals surface area contributed by atoms with Crippen LogP contribution in [0.25, 0.3) is 0 Å². The maximum Gasteiger partial charge on any atom is 0.241 e. The molecule has 2 aromatic rings. The maximum absolute atomic E-state index is 12.2. The molecule has 0 saturated carbocycles. The smallest absolute Gasteiger partial charge is 0.241 e. The van der Waals surface area contributed by atoms with Crippen molar-refractivity contribution in [3.63, 3.8) is 0 Å². The minimum atomic E-state index is -2.34. The molecule has 1 amide bonds. The van der Waals surface area contributed by atoms with Gasteiger partial charge in [0, 0.05) is 47.9 Å². The molecular formula is C22H26F2IN3O3. The molecule has 0 aliphatic carbocycles. The molecule has 3 rings (SSSR count). The van der Waals surface area contributed by atoms with Gasteiger partial charge in [0.1, 0.15) is 26.9 Å². The Hall–Kier alpha value is -2.30. The van der Waals surface area contributed by atoms with Gasteiger partial charge in [-0.3, -0.25) is 4.79 Å². The van der Waals surface area contributed by atoms with Crippen molar-refractivity contribution < 1.29 is 21.4 Å². The van der Waals surface area contributed by atoms with Gasteiger partial charge in [-0.05, 0) is 43.2 Å². The second-order valence-electron chi connectivity index (χ2n) is 7.22. The quantitative estimate of drug-likeness (QED) is 0.465. The Morgan fingerprint density at radius 1 is 1.26 bits per heavy atom. The lowest BCUT2D eigenvalue weighted by molar-refractivity contribution is -0.119. The molecule has 1 aliphatic heterocycles. The number of pyridine rings is 1. The van der Waals surface area contributed by atoms with Crippen molar-refractivity contribution >= 4 is 36.2 Å². The number of benzene rings is 1. The molecule has 1 aromatic carbocycles. The number of carbonyl (C=O) groups is 1. The molecule has 0 unspecified atom stereocenters. The van der Waals surface area contributed by atoms with Crippen LogP contribution in [0.4, 0.5) is 14.5 Å². The van der Waals surface area contributed by atoms with Gasteiger partial charge in [-0.15, -0.1) is 0 Å². The highest BCUT2D eigenvalue weighted by Gasteiger charge is 2.18. The van der Waals surface area contributed by atoms with Crippen LogP contribution in [-0.4, -0.2) is 40.5 Å². The summed E-state index contributed by atoms with van der Waals surface area (Å²) in [6, 6.07) is 11.2. The SMILES string of the molecule is CC(=O)N[C@@H](C)c1ccc(OI=C2CCN(c3ccc(OCCC(F)F)cc3)C2)nc1. The van der Waals surface area contributed by atoms with E-state index in [1.165, 1.54) is 10.4 Å². The van der Waals surface area contributed by atoms with Crippen LogP contribution in [0.15, 0.2) is 42.6 Å². The summed E-state index contributed by atoms with van der Waals surface area (Å²) in [6.07, 6.45) is 0.110. The third-order valence-electron chi connectivity index (χ3n) is 4.73. The highest BCUT2D eigenvalue weighted by atomic mass is 127. The van der Waals surface area contributed by atoms with E-state index in [4.69, 9.17) is 7.80 Å². The fourth-order valence-corrected chi connectivity index (χ4v) is 4.91. The lowest BCUT2D eigenvalue weighted by atomic mass is 10.1. The molecule has 1 fully saturated rings. The van der Waals surface area contributed by atoms with Gasteiger partial charge in [-0.25, -0.2) is 13.8 Å². The minimum Gasteiger partial charge on any atom is -0.493 e. The number of rotatable bonds is 9. The van der Waals surface area contributed by atoms with E-state index in [9.17, 15) is 13.6 Å². The predicted octanol–water partition coefficient (Wildman–Crippen LogP) is 4.66. The molecule has 168 valence electrons. The number of alkyl halides is 2. The van der Waals surface area contributed by atoms with E-state index < -0.39 is 27.6 Å². The van der Waals surface area contributed by atoms with Crippen molar-refractivity contribution in [2.45, 2.75) is 39.2 Å². The molecule has 6 nitrogen and oxygen atoms in total. The Balaban J connectivity index is 1.49. The summed E-state index contributed by atoms with van der Waals surface area (Å²) < 4.78 is 37.0. The largest absolute Gasteiger partial charge is 0.493 e. The second-order valence-corrected chi connectivity index (χ2v) is 9.62. The van der Waals surface area contributed by atoms with Crippen LogP contribution in [0, 0.1) is 0 Å². The van der Waals surface area contributed by atoms with Crippen LogP contribution in [0.3, 0.4) is 0 Å². The van der Waals surface area contributed by atoms with Gasteiger partial charge in [0.05, 0.1) is 12.6 Å². The maximum atomic E-state index is 12.2. The average molecular weight is 545 g/mol. The number of hydrogen-bond donors (Lipinski definition) is 1. The summed E-state index contributed by atoms with van der Waals surface area (Å²) >= 11 is -0.591. The number of ether oxygens (including phenoxy) is 1. The van der Waals surface area contributed by atoms with Crippen molar-refractivity contribution in [2.75, 3.05) is 24.6 Å². The van der Waals surface area contributed by atoms with Crippen LogP contribution in [0.1, 0.15) is 38.3 Å².